The molecule has 0 radical (unpaired) electrons. The summed E-state index contributed by atoms with van der Waals surface area (Å²) in [6.45, 7) is 4.54. The zero-order valence-electron chi connectivity index (χ0n) is 26.0. The second-order valence-corrected chi connectivity index (χ2v) is 10.9. The van der Waals surface area contributed by atoms with Crippen LogP contribution >= 0.6 is 0 Å². The summed E-state index contributed by atoms with van der Waals surface area (Å²) < 4.78 is 33.0. The summed E-state index contributed by atoms with van der Waals surface area (Å²) in [5, 5.41) is 8.50. The maximum absolute atomic E-state index is 10.3. The van der Waals surface area contributed by atoms with E-state index in [0.29, 0.717) is 12.8 Å². The Morgan fingerprint density at radius 2 is 1.05 bits per heavy atom. The van der Waals surface area contributed by atoms with Crippen LogP contribution in [0.2, 0.25) is 0 Å². The van der Waals surface area contributed by atoms with E-state index in [1.807, 2.05) is 0 Å². The van der Waals surface area contributed by atoms with Gasteiger partial charge in [-0.2, -0.15) is 8.42 Å². The summed E-state index contributed by atoms with van der Waals surface area (Å²) in [7, 11) is -4.23. The van der Waals surface area contributed by atoms with Gasteiger partial charge in [0, 0.05) is 6.42 Å². The second-order valence-electron chi connectivity index (χ2n) is 9.81. The van der Waals surface area contributed by atoms with Crippen molar-refractivity contribution in [3.8, 4) is 0 Å². The molecule has 0 aromatic carbocycles. The van der Waals surface area contributed by atoms with Crippen LogP contribution in [0.3, 0.4) is 0 Å². The zero-order chi connectivity index (χ0) is 27.9. The van der Waals surface area contributed by atoms with Gasteiger partial charge in [-0.3, -0.25) is 9.35 Å². The average Bonchev–Trinajstić information content (AvgIpc) is 2.84. The van der Waals surface area contributed by atoms with E-state index in [0.717, 1.165) is 38.5 Å². The first kappa shape index (κ1) is 42.3. The molecule has 8 heteroatoms. The van der Waals surface area contributed by atoms with Crippen LogP contribution in [0.5, 0.6) is 0 Å². The fourth-order valence-electron chi connectivity index (χ4n) is 3.84. The fraction of sp³-hybridized carbons (Fsp3) is 0.833. The number of aliphatic carboxylic acids is 1. The summed E-state index contributed by atoms with van der Waals surface area (Å²) in [6.07, 6.45) is 34.1. The van der Waals surface area contributed by atoms with Crippen molar-refractivity contribution in [3.05, 3.63) is 24.3 Å². The van der Waals surface area contributed by atoms with Crippen LogP contribution in [0.25, 0.3) is 0 Å². The molecule has 0 aromatic heterocycles. The molecule has 0 atom stereocenters. The smallest absolute Gasteiger partial charge is 1.00 e. The number of rotatable bonds is 26. The third-order valence-corrected chi connectivity index (χ3v) is 6.54. The molecule has 0 spiro atoms. The van der Waals surface area contributed by atoms with Crippen molar-refractivity contribution in [2.24, 2.45) is 0 Å². The summed E-state index contributed by atoms with van der Waals surface area (Å²) in [6, 6.07) is 0. The van der Waals surface area contributed by atoms with Crippen molar-refractivity contribution >= 4 is 16.4 Å². The number of hydrogen-bond acceptors (Lipinski definition) is 4. The number of hydrogen-bond donors (Lipinski definition) is 2. The second kappa shape index (κ2) is 34.8. The van der Waals surface area contributed by atoms with Crippen LogP contribution in [0.15, 0.2) is 24.3 Å². The quantitative estimate of drug-likeness (QED) is 0.0518. The largest absolute Gasteiger partial charge is 1.00 e. The molecule has 222 valence electrons. The van der Waals surface area contributed by atoms with Crippen LogP contribution in [0, 0.1) is 0 Å². The molecule has 0 saturated heterocycles. The van der Waals surface area contributed by atoms with E-state index >= 15 is 0 Å². The van der Waals surface area contributed by atoms with Gasteiger partial charge in [-0.15, -0.1) is 0 Å². The minimum Gasteiger partial charge on any atom is -1.00 e. The molecule has 0 aliphatic rings. The Labute approximate surface area is 259 Å². The molecule has 6 nitrogen and oxygen atoms in total. The minimum absolute atomic E-state index is 0. The molecular formula is C30H59NaO6S. The summed E-state index contributed by atoms with van der Waals surface area (Å²) >= 11 is 0. The maximum Gasteiger partial charge on any atom is 1.00 e. The number of carboxylic acid groups (broad SMARTS) is 1. The molecule has 0 aliphatic heterocycles. The molecule has 0 rings (SSSR count). The molecule has 38 heavy (non-hydrogen) atoms. The maximum atomic E-state index is 10.3. The van der Waals surface area contributed by atoms with Gasteiger partial charge in [-0.25, -0.2) is 4.18 Å². The fourth-order valence-corrected chi connectivity index (χ4v) is 4.17. The van der Waals surface area contributed by atoms with Crippen LogP contribution in [0.4, 0.5) is 0 Å². The molecule has 0 aliphatic carbocycles. The minimum atomic E-state index is -4.23. The monoisotopic (exact) mass is 570 g/mol. The third kappa shape index (κ3) is 45.7. The molecule has 0 aromatic rings. The molecular weight excluding hydrogens is 511 g/mol. The SMILES string of the molecule is CCCCC/C=C\C/C=C\CCCCCCCC(=O)O.CCCCCCCCCCCCOS(=O)(=O)O.[H-].[Na+]. The van der Waals surface area contributed by atoms with Crippen LogP contribution in [0.1, 0.15) is 157 Å². The topological polar surface area (TPSA) is 101 Å². The Hall–Kier alpha value is -0.180. The first-order valence-corrected chi connectivity index (χ1v) is 16.3. The van der Waals surface area contributed by atoms with E-state index in [4.69, 9.17) is 9.66 Å². The Balaban J connectivity index is -0.000000302. The molecule has 0 amide bonds. The van der Waals surface area contributed by atoms with Gasteiger partial charge < -0.3 is 6.53 Å². The normalized spacial score (nSPS) is 11.4. The first-order chi connectivity index (χ1) is 17.8. The molecule has 2 N–H and O–H groups in total. The van der Waals surface area contributed by atoms with Crippen molar-refractivity contribution in [2.45, 2.75) is 155 Å². The van der Waals surface area contributed by atoms with E-state index in [2.05, 4.69) is 42.3 Å². The number of allylic oxidation sites excluding steroid dienone is 4. The van der Waals surface area contributed by atoms with Gasteiger partial charge in [0.2, 0.25) is 0 Å². The number of carbonyl (C=O) groups is 1. The Morgan fingerprint density at radius 3 is 1.53 bits per heavy atom. The van der Waals surface area contributed by atoms with Crippen molar-refractivity contribution in [1.82, 2.24) is 0 Å². The number of unbranched alkanes of at least 4 members (excludes halogenated alkanes) is 17. The van der Waals surface area contributed by atoms with Gasteiger partial charge in [0.05, 0.1) is 6.61 Å². The van der Waals surface area contributed by atoms with E-state index in [1.165, 1.54) is 89.9 Å². The Morgan fingerprint density at radius 1 is 0.658 bits per heavy atom. The Kier molecular flexibility index (Phi) is 38.8. The molecule has 0 fully saturated rings. The zero-order valence-corrected chi connectivity index (χ0v) is 27.8. The molecule has 0 heterocycles. The summed E-state index contributed by atoms with van der Waals surface area (Å²) in [4.78, 5) is 10.3. The van der Waals surface area contributed by atoms with Crippen molar-refractivity contribution in [1.29, 1.82) is 0 Å². The molecule has 0 bridgehead atoms. The predicted molar refractivity (Wildman–Crippen MR) is 157 cm³/mol. The van der Waals surface area contributed by atoms with Crippen LogP contribution in [-0.4, -0.2) is 30.7 Å². The number of carboxylic acids is 1. The van der Waals surface area contributed by atoms with E-state index in [-0.39, 0.29) is 37.6 Å². The van der Waals surface area contributed by atoms with Gasteiger partial charge >= 0.3 is 45.9 Å². The summed E-state index contributed by atoms with van der Waals surface area (Å²) in [5.74, 6) is -0.671. The van der Waals surface area contributed by atoms with Crippen LogP contribution < -0.4 is 29.6 Å². The Bertz CT molecular complexity index is 641. The van der Waals surface area contributed by atoms with Gasteiger partial charge in [-0.1, -0.05) is 128 Å². The molecule has 0 saturated carbocycles. The van der Waals surface area contributed by atoms with E-state index in [1.54, 1.807) is 0 Å². The van der Waals surface area contributed by atoms with Crippen LogP contribution in [-0.2, 0) is 19.4 Å². The average molecular weight is 571 g/mol. The van der Waals surface area contributed by atoms with Crippen molar-refractivity contribution in [3.63, 3.8) is 0 Å². The van der Waals surface area contributed by atoms with Gasteiger partial charge in [0.25, 0.3) is 0 Å². The van der Waals surface area contributed by atoms with Gasteiger partial charge in [-0.05, 0) is 44.9 Å². The van der Waals surface area contributed by atoms with E-state index in [9.17, 15) is 13.2 Å². The van der Waals surface area contributed by atoms with E-state index < -0.39 is 16.4 Å². The van der Waals surface area contributed by atoms with Gasteiger partial charge in [0.1, 0.15) is 0 Å². The summed E-state index contributed by atoms with van der Waals surface area (Å²) in [5.41, 5.74) is 0. The first-order valence-electron chi connectivity index (χ1n) is 15.0. The standard InChI is InChI=1S/C18H32O2.C12H26O4S.Na.H/c1-2-3-4-5-6-7-8-9-10-11-12-13-14-15-16-17-18(19)20;1-2-3-4-5-6-7-8-9-10-11-12-16-17(13,14)15;;/h6-7,9-10H,2-5,8,11-17H2,1H3,(H,19,20);2-12H2,1H3,(H,13,14,15);;/q;;+1;-1/b7-6-,10-9-;;;. The predicted octanol–water partition coefficient (Wildman–Crippen LogP) is 6.73. The molecule has 0 unspecified atom stereocenters. The van der Waals surface area contributed by atoms with Crippen molar-refractivity contribution in [2.75, 3.05) is 6.61 Å². The third-order valence-electron chi connectivity index (χ3n) is 6.07. The van der Waals surface area contributed by atoms with Crippen molar-refractivity contribution < 1.29 is 58.0 Å². The van der Waals surface area contributed by atoms with Gasteiger partial charge in [0.15, 0.2) is 0 Å².